The van der Waals surface area contributed by atoms with Gasteiger partial charge in [-0.2, -0.15) is 0 Å². The number of amides is 2. The van der Waals surface area contributed by atoms with Crippen LogP contribution in [0.5, 0.6) is 0 Å². The summed E-state index contributed by atoms with van der Waals surface area (Å²) in [6.45, 7) is 8.48. The van der Waals surface area contributed by atoms with Crippen molar-refractivity contribution >= 4 is 17.7 Å². The van der Waals surface area contributed by atoms with Crippen molar-refractivity contribution in [2.45, 2.75) is 32.8 Å². The summed E-state index contributed by atoms with van der Waals surface area (Å²) in [5.41, 5.74) is 1.66. The topological polar surface area (TPSA) is 53.1 Å². The summed E-state index contributed by atoms with van der Waals surface area (Å²) >= 11 is 0. The van der Waals surface area contributed by atoms with Gasteiger partial charge in [0.2, 0.25) is 5.91 Å². The summed E-state index contributed by atoms with van der Waals surface area (Å²) in [5.74, 6) is 0.0960. The van der Waals surface area contributed by atoms with Crippen LogP contribution in [0.2, 0.25) is 0 Å². The lowest BCUT2D eigenvalue weighted by molar-refractivity contribution is -0.127. The van der Waals surface area contributed by atoms with Crippen LogP contribution in [0.3, 0.4) is 0 Å². The largest absolute Gasteiger partial charge is 0.444 e. The van der Waals surface area contributed by atoms with Crippen molar-refractivity contribution in [2.24, 2.45) is 0 Å². The highest BCUT2D eigenvalue weighted by Gasteiger charge is 2.25. The van der Waals surface area contributed by atoms with Gasteiger partial charge < -0.3 is 19.4 Å². The third-order valence-electron chi connectivity index (χ3n) is 4.09. The fraction of sp³-hybridized carbons (Fsp3) is 0.579. The van der Waals surface area contributed by atoms with E-state index in [4.69, 9.17) is 4.74 Å². The van der Waals surface area contributed by atoms with E-state index in [1.807, 2.05) is 45.0 Å². The molecule has 0 radical (unpaired) electrons. The Kier molecular flexibility index (Phi) is 5.93. The van der Waals surface area contributed by atoms with Crippen molar-refractivity contribution in [1.82, 2.24) is 9.80 Å². The molecule has 1 saturated heterocycles. The molecule has 0 N–H and O–H groups in total. The van der Waals surface area contributed by atoms with E-state index in [9.17, 15) is 9.59 Å². The Hall–Kier alpha value is -2.24. The van der Waals surface area contributed by atoms with Gasteiger partial charge >= 0.3 is 6.09 Å². The van der Waals surface area contributed by atoms with Gasteiger partial charge in [-0.05, 0) is 38.5 Å². The van der Waals surface area contributed by atoms with Gasteiger partial charge in [0.25, 0.3) is 0 Å². The minimum absolute atomic E-state index is 0.0960. The standard InChI is InChI=1S/C19H29N3O3/c1-19(2,3)25-18(24)22-12-10-21(11-13-22)16-8-6-15(7-9-16)14-17(23)20(4)5/h6-9H,10-14H2,1-5H3. The van der Waals surface area contributed by atoms with Crippen LogP contribution in [0.4, 0.5) is 10.5 Å². The molecule has 1 aliphatic rings. The van der Waals surface area contributed by atoms with Gasteiger partial charge in [-0.15, -0.1) is 0 Å². The number of anilines is 1. The Bertz CT molecular complexity index is 597. The fourth-order valence-electron chi connectivity index (χ4n) is 2.63. The average molecular weight is 347 g/mol. The summed E-state index contributed by atoms with van der Waals surface area (Å²) in [6, 6.07) is 8.08. The van der Waals surface area contributed by atoms with Crippen LogP contribution in [0, 0.1) is 0 Å². The molecule has 138 valence electrons. The predicted molar refractivity (Wildman–Crippen MR) is 98.9 cm³/mol. The predicted octanol–water partition coefficient (Wildman–Crippen LogP) is 2.37. The number of hydrogen-bond acceptors (Lipinski definition) is 4. The van der Waals surface area contributed by atoms with E-state index in [0.29, 0.717) is 19.5 Å². The third kappa shape index (κ3) is 5.66. The number of benzene rings is 1. The molecule has 0 aromatic heterocycles. The molecular formula is C19H29N3O3. The number of nitrogens with zero attached hydrogens (tertiary/aromatic N) is 3. The van der Waals surface area contributed by atoms with Gasteiger partial charge in [-0.3, -0.25) is 4.79 Å². The second-order valence-electron chi connectivity index (χ2n) is 7.59. The monoisotopic (exact) mass is 347 g/mol. The first-order valence-electron chi connectivity index (χ1n) is 8.68. The SMILES string of the molecule is CN(C)C(=O)Cc1ccc(N2CCN(C(=O)OC(C)(C)C)CC2)cc1. The van der Waals surface area contributed by atoms with E-state index in [-0.39, 0.29) is 12.0 Å². The van der Waals surface area contributed by atoms with E-state index < -0.39 is 5.60 Å². The molecule has 0 aliphatic carbocycles. The third-order valence-corrected chi connectivity index (χ3v) is 4.09. The fourth-order valence-corrected chi connectivity index (χ4v) is 2.63. The Morgan fingerprint density at radius 1 is 1.04 bits per heavy atom. The van der Waals surface area contributed by atoms with Crippen LogP contribution in [-0.2, 0) is 16.0 Å². The highest BCUT2D eigenvalue weighted by molar-refractivity contribution is 5.78. The first-order valence-corrected chi connectivity index (χ1v) is 8.68. The van der Waals surface area contributed by atoms with Crippen LogP contribution in [0.15, 0.2) is 24.3 Å². The Morgan fingerprint density at radius 2 is 1.60 bits per heavy atom. The Balaban J connectivity index is 1.88. The summed E-state index contributed by atoms with van der Waals surface area (Å²) in [4.78, 5) is 29.5. The van der Waals surface area contributed by atoms with Crippen LogP contribution in [-0.4, -0.2) is 67.7 Å². The maximum Gasteiger partial charge on any atom is 0.410 e. The van der Waals surface area contributed by atoms with Crippen molar-refractivity contribution in [3.05, 3.63) is 29.8 Å². The number of likely N-dealkylation sites (N-methyl/N-ethyl adjacent to an activating group) is 1. The molecule has 0 bridgehead atoms. The molecule has 2 rings (SSSR count). The lowest BCUT2D eigenvalue weighted by Gasteiger charge is -2.36. The van der Waals surface area contributed by atoms with Crippen molar-refractivity contribution in [3.63, 3.8) is 0 Å². The molecule has 0 spiro atoms. The average Bonchev–Trinajstić information content (AvgIpc) is 2.54. The molecule has 0 unspecified atom stereocenters. The molecule has 1 fully saturated rings. The summed E-state index contributed by atoms with van der Waals surface area (Å²) < 4.78 is 5.42. The zero-order valence-electron chi connectivity index (χ0n) is 15.9. The van der Waals surface area contributed by atoms with E-state index in [0.717, 1.165) is 24.3 Å². The summed E-state index contributed by atoms with van der Waals surface area (Å²) in [7, 11) is 3.53. The van der Waals surface area contributed by atoms with Gasteiger partial charge in [0.1, 0.15) is 5.60 Å². The lowest BCUT2D eigenvalue weighted by Crippen LogP contribution is -2.50. The zero-order chi connectivity index (χ0) is 18.6. The van der Waals surface area contributed by atoms with Crippen molar-refractivity contribution in [1.29, 1.82) is 0 Å². The van der Waals surface area contributed by atoms with Crippen LogP contribution < -0.4 is 4.90 Å². The lowest BCUT2D eigenvalue weighted by atomic mass is 10.1. The molecule has 0 atom stereocenters. The number of rotatable bonds is 3. The molecule has 1 aliphatic heterocycles. The minimum Gasteiger partial charge on any atom is -0.444 e. The second kappa shape index (κ2) is 7.76. The molecule has 1 aromatic rings. The number of piperazine rings is 1. The van der Waals surface area contributed by atoms with Crippen LogP contribution in [0.25, 0.3) is 0 Å². The maximum absolute atomic E-state index is 12.1. The van der Waals surface area contributed by atoms with Gasteiger partial charge in [-0.25, -0.2) is 4.79 Å². The quantitative estimate of drug-likeness (QED) is 0.842. The van der Waals surface area contributed by atoms with Gasteiger partial charge in [0, 0.05) is 46.0 Å². The molecule has 1 heterocycles. The van der Waals surface area contributed by atoms with Crippen molar-refractivity contribution < 1.29 is 14.3 Å². The molecule has 1 aromatic carbocycles. The van der Waals surface area contributed by atoms with E-state index in [1.54, 1.807) is 23.9 Å². The molecular weight excluding hydrogens is 318 g/mol. The number of carbonyl (C=O) groups is 2. The van der Waals surface area contributed by atoms with E-state index in [1.165, 1.54) is 0 Å². The number of carbonyl (C=O) groups excluding carboxylic acids is 2. The van der Waals surface area contributed by atoms with E-state index in [2.05, 4.69) is 4.90 Å². The Labute approximate surface area is 150 Å². The highest BCUT2D eigenvalue weighted by atomic mass is 16.6. The van der Waals surface area contributed by atoms with Gasteiger partial charge in [-0.1, -0.05) is 12.1 Å². The molecule has 6 heteroatoms. The number of ether oxygens (including phenoxy) is 1. The van der Waals surface area contributed by atoms with E-state index >= 15 is 0 Å². The molecule has 25 heavy (non-hydrogen) atoms. The highest BCUT2D eigenvalue weighted by Crippen LogP contribution is 2.19. The molecule has 0 saturated carbocycles. The van der Waals surface area contributed by atoms with Crippen molar-refractivity contribution in [3.8, 4) is 0 Å². The van der Waals surface area contributed by atoms with Crippen LogP contribution in [0.1, 0.15) is 26.3 Å². The van der Waals surface area contributed by atoms with Crippen LogP contribution >= 0.6 is 0 Å². The maximum atomic E-state index is 12.1. The second-order valence-corrected chi connectivity index (χ2v) is 7.59. The van der Waals surface area contributed by atoms with Gasteiger partial charge in [0.05, 0.1) is 6.42 Å². The minimum atomic E-state index is -0.464. The zero-order valence-corrected chi connectivity index (χ0v) is 15.9. The summed E-state index contributed by atoms with van der Waals surface area (Å²) in [5, 5.41) is 0. The van der Waals surface area contributed by atoms with Crippen molar-refractivity contribution in [2.75, 3.05) is 45.2 Å². The smallest absolute Gasteiger partial charge is 0.410 e. The first kappa shape index (κ1) is 19.1. The summed E-state index contributed by atoms with van der Waals surface area (Å²) in [6.07, 6.45) is 0.171. The molecule has 2 amide bonds. The normalized spacial score (nSPS) is 15.1. The first-order chi connectivity index (χ1) is 11.7. The van der Waals surface area contributed by atoms with Gasteiger partial charge in [0.15, 0.2) is 0 Å². The molecule has 6 nitrogen and oxygen atoms in total. The Morgan fingerprint density at radius 3 is 2.08 bits per heavy atom. The number of hydrogen-bond donors (Lipinski definition) is 0.